The summed E-state index contributed by atoms with van der Waals surface area (Å²) in [6, 6.07) is 11.0. The Morgan fingerprint density at radius 2 is 1.90 bits per heavy atom. The molecule has 2 N–H and O–H groups in total. The van der Waals surface area contributed by atoms with Gasteiger partial charge in [0.05, 0.1) is 4.92 Å². The highest BCUT2D eigenvalue weighted by molar-refractivity contribution is 9.10. The first-order valence-corrected chi connectivity index (χ1v) is 7.36. The first-order valence-electron chi connectivity index (χ1n) is 6.57. The maximum Gasteiger partial charge on any atom is 0.315 e. The lowest BCUT2D eigenvalue weighted by atomic mass is 10.1. The average molecular weight is 350 g/mol. The Hall–Kier alpha value is -2.08. The second kappa shape index (κ2) is 6.58. The molecule has 2 aromatic rings. The van der Waals surface area contributed by atoms with E-state index < -0.39 is 0 Å². The van der Waals surface area contributed by atoms with Crippen LogP contribution in [0.3, 0.4) is 0 Å². The van der Waals surface area contributed by atoms with Gasteiger partial charge in [-0.3, -0.25) is 10.1 Å². The van der Waals surface area contributed by atoms with E-state index in [0.29, 0.717) is 17.9 Å². The topological polar surface area (TPSA) is 67.2 Å². The second-order valence-electron chi connectivity index (χ2n) is 4.57. The number of nitro benzene ring substituents is 1. The van der Waals surface area contributed by atoms with Gasteiger partial charge in [0.1, 0.15) is 11.4 Å². The van der Waals surface area contributed by atoms with Crippen LogP contribution >= 0.6 is 15.9 Å². The lowest BCUT2D eigenvalue weighted by Crippen LogP contribution is -2.04. The van der Waals surface area contributed by atoms with Crippen molar-refractivity contribution in [3.05, 3.63) is 56.5 Å². The second-order valence-corrected chi connectivity index (χ2v) is 5.49. The third-order valence-corrected chi connectivity index (χ3v) is 3.55. The smallest absolute Gasteiger partial charge is 0.315 e. The van der Waals surface area contributed by atoms with Crippen molar-refractivity contribution in [2.45, 2.75) is 13.8 Å². The fourth-order valence-corrected chi connectivity index (χ4v) is 2.41. The number of nitrogens with one attached hydrogen (secondary N) is 2. The van der Waals surface area contributed by atoms with Gasteiger partial charge in [-0.15, -0.1) is 0 Å². The molecule has 5 nitrogen and oxygen atoms in total. The van der Waals surface area contributed by atoms with Gasteiger partial charge in [-0.1, -0.05) is 28.1 Å². The Kier molecular flexibility index (Phi) is 4.80. The van der Waals surface area contributed by atoms with Crippen LogP contribution in [0.5, 0.6) is 0 Å². The Labute approximate surface area is 131 Å². The number of aryl methyl sites for hydroxylation is 1. The molecule has 0 bridgehead atoms. The number of nitro groups is 1. The molecule has 110 valence electrons. The van der Waals surface area contributed by atoms with Gasteiger partial charge in [0, 0.05) is 16.7 Å². The summed E-state index contributed by atoms with van der Waals surface area (Å²) in [4.78, 5) is 11.0. The summed E-state index contributed by atoms with van der Waals surface area (Å²) in [7, 11) is 0. The fourth-order valence-electron chi connectivity index (χ4n) is 2.05. The highest BCUT2D eigenvalue weighted by atomic mass is 79.9. The lowest BCUT2D eigenvalue weighted by molar-refractivity contribution is -0.383. The van der Waals surface area contributed by atoms with Crippen molar-refractivity contribution in [3.63, 3.8) is 0 Å². The van der Waals surface area contributed by atoms with Crippen LogP contribution in [0.1, 0.15) is 12.5 Å². The van der Waals surface area contributed by atoms with Crippen LogP contribution in [0, 0.1) is 17.0 Å². The monoisotopic (exact) mass is 349 g/mol. The van der Waals surface area contributed by atoms with Crippen molar-refractivity contribution in [2.24, 2.45) is 0 Å². The van der Waals surface area contributed by atoms with Crippen molar-refractivity contribution in [3.8, 4) is 0 Å². The van der Waals surface area contributed by atoms with Gasteiger partial charge in [0.2, 0.25) is 0 Å². The van der Waals surface area contributed by atoms with E-state index in [9.17, 15) is 10.1 Å². The molecule has 2 rings (SSSR count). The number of para-hydroxylation sites is 1. The Balaban J connectivity index is 2.46. The average Bonchev–Trinajstić information content (AvgIpc) is 2.43. The highest BCUT2D eigenvalue weighted by Crippen LogP contribution is 2.35. The minimum atomic E-state index is -0.367. The van der Waals surface area contributed by atoms with E-state index >= 15 is 0 Å². The highest BCUT2D eigenvalue weighted by Gasteiger charge is 2.19. The van der Waals surface area contributed by atoms with Crippen molar-refractivity contribution in [2.75, 3.05) is 17.2 Å². The zero-order valence-electron chi connectivity index (χ0n) is 11.8. The quantitative estimate of drug-likeness (QED) is 0.598. The number of hydrogen-bond donors (Lipinski definition) is 2. The molecule has 0 spiro atoms. The molecule has 0 radical (unpaired) electrons. The zero-order valence-corrected chi connectivity index (χ0v) is 13.4. The Bertz CT molecular complexity index is 674. The van der Waals surface area contributed by atoms with E-state index in [1.807, 2.05) is 32.0 Å². The van der Waals surface area contributed by atoms with Crippen molar-refractivity contribution < 1.29 is 4.92 Å². The molecule has 21 heavy (non-hydrogen) atoms. The lowest BCUT2D eigenvalue weighted by Gasteiger charge is -2.13. The van der Waals surface area contributed by atoms with Gasteiger partial charge in [-0.25, -0.2) is 0 Å². The molecule has 0 saturated heterocycles. The van der Waals surface area contributed by atoms with E-state index in [2.05, 4.69) is 26.6 Å². The number of hydrogen-bond acceptors (Lipinski definition) is 4. The molecule has 0 atom stereocenters. The van der Waals surface area contributed by atoms with Gasteiger partial charge >= 0.3 is 5.69 Å². The molecular formula is C15H16BrN3O2. The van der Waals surface area contributed by atoms with Crippen molar-refractivity contribution in [1.29, 1.82) is 0 Å². The largest absolute Gasteiger partial charge is 0.380 e. The van der Waals surface area contributed by atoms with Crippen LogP contribution in [-0.2, 0) is 0 Å². The van der Waals surface area contributed by atoms with Crippen LogP contribution in [0.25, 0.3) is 0 Å². The summed E-state index contributed by atoms with van der Waals surface area (Å²) in [6.45, 7) is 4.48. The molecule has 6 heteroatoms. The third-order valence-electron chi connectivity index (χ3n) is 3.05. The van der Waals surface area contributed by atoms with Crippen molar-refractivity contribution >= 4 is 38.7 Å². The van der Waals surface area contributed by atoms with Gasteiger partial charge in [0.15, 0.2) is 0 Å². The molecule has 0 unspecified atom stereocenters. The van der Waals surface area contributed by atoms with Crippen molar-refractivity contribution in [1.82, 2.24) is 0 Å². The molecule has 0 aliphatic heterocycles. The number of halogens is 1. The van der Waals surface area contributed by atoms with Crippen LogP contribution < -0.4 is 10.6 Å². The normalized spacial score (nSPS) is 10.2. The molecule has 0 heterocycles. The standard InChI is InChI=1S/C15H16BrN3O2/c1-3-17-12-5-4-6-13(15(12)19(20)21)18-14-9-11(16)8-7-10(14)2/h4-9,17-18H,3H2,1-2H3. The van der Waals surface area contributed by atoms with E-state index in [0.717, 1.165) is 15.7 Å². The fraction of sp³-hybridized carbons (Fsp3) is 0.200. The molecule has 2 aromatic carbocycles. The summed E-state index contributed by atoms with van der Waals surface area (Å²) in [5.41, 5.74) is 2.89. The summed E-state index contributed by atoms with van der Waals surface area (Å²) in [6.07, 6.45) is 0. The van der Waals surface area contributed by atoms with E-state index in [4.69, 9.17) is 0 Å². The molecule has 0 aliphatic rings. The predicted molar refractivity (Wildman–Crippen MR) is 89.4 cm³/mol. The summed E-state index contributed by atoms with van der Waals surface area (Å²) >= 11 is 3.41. The van der Waals surface area contributed by atoms with E-state index in [1.165, 1.54) is 0 Å². The van der Waals surface area contributed by atoms with Gasteiger partial charge in [-0.2, -0.15) is 0 Å². The SMILES string of the molecule is CCNc1cccc(Nc2cc(Br)ccc2C)c1[N+](=O)[O-]. The Morgan fingerprint density at radius 1 is 1.19 bits per heavy atom. The summed E-state index contributed by atoms with van der Waals surface area (Å²) < 4.78 is 0.918. The molecule has 0 fully saturated rings. The van der Waals surface area contributed by atoms with Gasteiger partial charge in [0.25, 0.3) is 0 Å². The van der Waals surface area contributed by atoms with Crippen LogP contribution in [0.2, 0.25) is 0 Å². The molecule has 0 aromatic heterocycles. The zero-order chi connectivity index (χ0) is 15.4. The first kappa shape index (κ1) is 15.3. The predicted octanol–water partition coefficient (Wildman–Crippen LogP) is 4.84. The van der Waals surface area contributed by atoms with E-state index in [1.54, 1.807) is 18.2 Å². The van der Waals surface area contributed by atoms with E-state index in [-0.39, 0.29) is 10.6 Å². The first-order chi connectivity index (χ1) is 10.0. The summed E-state index contributed by atoms with van der Waals surface area (Å²) in [5.74, 6) is 0. The molecule has 0 saturated carbocycles. The molecule has 0 amide bonds. The summed E-state index contributed by atoms with van der Waals surface area (Å²) in [5, 5.41) is 17.5. The van der Waals surface area contributed by atoms with Crippen LogP contribution in [0.4, 0.5) is 22.7 Å². The molecule has 0 aliphatic carbocycles. The van der Waals surface area contributed by atoms with Crippen LogP contribution in [-0.4, -0.2) is 11.5 Å². The van der Waals surface area contributed by atoms with Gasteiger partial charge in [-0.05, 0) is 43.7 Å². The number of rotatable bonds is 5. The number of nitrogens with zero attached hydrogens (tertiary/aromatic N) is 1. The van der Waals surface area contributed by atoms with Crippen LogP contribution in [0.15, 0.2) is 40.9 Å². The third kappa shape index (κ3) is 3.52. The van der Waals surface area contributed by atoms with Gasteiger partial charge < -0.3 is 10.6 Å². The maximum atomic E-state index is 11.4. The Morgan fingerprint density at radius 3 is 2.57 bits per heavy atom. The number of anilines is 3. The minimum absolute atomic E-state index is 0.0544. The minimum Gasteiger partial charge on any atom is -0.380 e. The number of benzene rings is 2. The maximum absolute atomic E-state index is 11.4. The molecular weight excluding hydrogens is 334 g/mol.